The Morgan fingerprint density at radius 3 is 2.38 bits per heavy atom. The predicted octanol–water partition coefficient (Wildman–Crippen LogP) is 1.57. The molecule has 3 rings (SSSR count). The van der Waals surface area contributed by atoms with Crippen molar-refractivity contribution >= 4 is 17.3 Å². The number of furan rings is 1. The molecule has 1 aliphatic rings. The highest BCUT2D eigenvalue weighted by Gasteiger charge is 2.33. The second kappa shape index (κ2) is 7.65. The fourth-order valence-electron chi connectivity index (χ4n) is 2.64. The van der Waals surface area contributed by atoms with Crippen molar-refractivity contribution in [1.29, 1.82) is 0 Å². The standard InChI is InChI=1S/C19H18O7/c20-8-11(9-21)10-25-6-5-15(22)16-7-14-17(23)12-3-1-2-4-13(12)18(24)19(14)26-16/h1-5,7,11,20-22H,6,8-10H2/b15-5-. The first kappa shape index (κ1) is 18.1. The van der Waals surface area contributed by atoms with Gasteiger partial charge in [0.2, 0.25) is 5.78 Å². The van der Waals surface area contributed by atoms with E-state index in [2.05, 4.69) is 0 Å². The van der Waals surface area contributed by atoms with E-state index in [9.17, 15) is 14.7 Å². The van der Waals surface area contributed by atoms with Gasteiger partial charge in [0.1, 0.15) is 0 Å². The van der Waals surface area contributed by atoms with Crippen LogP contribution in [0.4, 0.5) is 0 Å². The van der Waals surface area contributed by atoms with Gasteiger partial charge in [0.25, 0.3) is 0 Å². The van der Waals surface area contributed by atoms with Gasteiger partial charge in [-0.05, 0) is 12.1 Å². The minimum atomic E-state index is -0.403. The summed E-state index contributed by atoms with van der Waals surface area (Å²) in [5.41, 5.74) is 0.699. The fraction of sp³-hybridized carbons (Fsp3) is 0.263. The molecule has 0 atom stereocenters. The average molecular weight is 358 g/mol. The Morgan fingerprint density at radius 1 is 1.08 bits per heavy atom. The maximum Gasteiger partial charge on any atom is 0.229 e. The first-order valence-corrected chi connectivity index (χ1v) is 8.08. The second-order valence-corrected chi connectivity index (χ2v) is 5.92. The highest BCUT2D eigenvalue weighted by atomic mass is 16.5. The van der Waals surface area contributed by atoms with Crippen LogP contribution >= 0.6 is 0 Å². The van der Waals surface area contributed by atoms with E-state index in [-0.39, 0.29) is 60.6 Å². The molecule has 0 aliphatic heterocycles. The molecule has 136 valence electrons. The van der Waals surface area contributed by atoms with E-state index < -0.39 is 11.7 Å². The lowest BCUT2D eigenvalue weighted by atomic mass is 9.88. The number of aliphatic hydroxyl groups is 3. The number of ketones is 2. The largest absolute Gasteiger partial charge is 0.504 e. The quantitative estimate of drug-likeness (QED) is 0.433. The third-order valence-corrected chi connectivity index (χ3v) is 4.12. The van der Waals surface area contributed by atoms with Gasteiger partial charge in [-0.15, -0.1) is 0 Å². The fourth-order valence-corrected chi connectivity index (χ4v) is 2.64. The summed E-state index contributed by atoms with van der Waals surface area (Å²) in [4.78, 5) is 25.0. The van der Waals surface area contributed by atoms with Gasteiger partial charge < -0.3 is 24.5 Å². The minimum Gasteiger partial charge on any atom is -0.504 e. The summed E-state index contributed by atoms with van der Waals surface area (Å²) in [6.45, 7) is -0.280. The third-order valence-electron chi connectivity index (χ3n) is 4.12. The second-order valence-electron chi connectivity index (χ2n) is 5.92. The monoisotopic (exact) mass is 358 g/mol. The molecule has 0 unspecified atom stereocenters. The summed E-state index contributed by atoms with van der Waals surface area (Å²) < 4.78 is 10.6. The molecule has 0 spiro atoms. The van der Waals surface area contributed by atoms with Crippen molar-refractivity contribution in [3.05, 3.63) is 64.6 Å². The van der Waals surface area contributed by atoms with Gasteiger partial charge in [0, 0.05) is 17.0 Å². The number of rotatable bonds is 7. The van der Waals surface area contributed by atoms with Crippen LogP contribution in [0.25, 0.3) is 5.76 Å². The number of ether oxygens (including phenoxy) is 1. The van der Waals surface area contributed by atoms with E-state index >= 15 is 0 Å². The maximum atomic E-state index is 12.5. The van der Waals surface area contributed by atoms with Crippen LogP contribution in [-0.2, 0) is 4.74 Å². The molecule has 1 aliphatic carbocycles. The molecule has 0 saturated heterocycles. The Hall–Kier alpha value is -2.74. The van der Waals surface area contributed by atoms with Crippen molar-refractivity contribution in [2.75, 3.05) is 26.4 Å². The van der Waals surface area contributed by atoms with Crippen LogP contribution in [0, 0.1) is 5.92 Å². The van der Waals surface area contributed by atoms with Gasteiger partial charge in [-0.1, -0.05) is 24.3 Å². The van der Waals surface area contributed by atoms with Crippen LogP contribution in [0.3, 0.4) is 0 Å². The summed E-state index contributed by atoms with van der Waals surface area (Å²) in [6.07, 6.45) is 1.32. The van der Waals surface area contributed by atoms with Crippen molar-refractivity contribution in [3.8, 4) is 0 Å². The zero-order valence-electron chi connectivity index (χ0n) is 13.8. The van der Waals surface area contributed by atoms with Gasteiger partial charge in [0.05, 0.1) is 32.0 Å². The highest BCUT2D eigenvalue weighted by molar-refractivity contribution is 6.27. The summed E-state index contributed by atoms with van der Waals surface area (Å²) in [5, 5.41) is 28.0. The van der Waals surface area contributed by atoms with Crippen LogP contribution in [-0.4, -0.2) is 53.3 Å². The lowest BCUT2D eigenvalue weighted by molar-refractivity contribution is 0.0569. The Labute approximate surface area is 149 Å². The lowest BCUT2D eigenvalue weighted by Crippen LogP contribution is -2.18. The zero-order valence-corrected chi connectivity index (χ0v) is 13.8. The summed E-state index contributed by atoms with van der Waals surface area (Å²) in [5.74, 6) is -1.50. The Bertz CT molecular complexity index is 806. The molecule has 7 heteroatoms. The molecular formula is C19H18O7. The van der Waals surface area contributed by atoms with Crippen molar-refractivity contribution < 1.29 is 34.1 Å². The molecule has 0 saturated carbocycles. The smallest absolute Gasteiger partial charge is 0.229 e. The molecule has 1 aromatic carbocycles. The molecule has 1 heterocycles. The molecule has 7 nitrogen and oxygen atoms in total. The molecule has 2 aromatic rings. The van der Waals surface area contributed by atoms with Gasteiger partial charge in [0.15, 0.2) is 23.1 Å². The van der Waals surface area contributed by atoms with Crippen LogP contribution in [0.15, 0.2) is 40.8 Å². The van der Waals surface area contributed by atoms with Crippen molar-refractivity contribution in [1.82, 2.24) is 0 Å². The number of benzene rings is 1. The van der Waals surface area contributed by atoms with E-state index in [4.69, 9.17) is 19.4 Å². The van der Waals surface area contributed by atoms with E-state index in [1.54, 1.807) is 24.3 Å². The summed E-state index contributed by atoms with van der Waals surface area (Å²) >= 11 is 0. The molecule has 0 bridgehead atoms. The minimum absolute atomic E-state index is 0.00558. The topological polar surface area (TPSA) is 117 Å². The van der Waals surface area contributed by atoms with Gasteiger partial charge in [-0.2, -0.15) is 0 Å². The molecule has 3 N–H and O–H groups in total. The van der Waals surface area contributed by atoms with Crippen LogP contribution < -0.4 is 0 Å². The number of carbonyl (C=O) groups is 2. The summed E-state index contributed by atoms with van der Waals surface area (Å²) in [7, 11) is 0. The molecule has 1 aromatic heterocycles. The Morgan fingerprint density at radius 2 is 1.73 bits per heavy atom. The van der Waals surface area contributed by atoms with E-state index in [0.29, 0.717) is 5.56 Å². The van der Waals surface area contributed by atoms with E-state index in [0.717, 1.165) is 0 Å². The predicted molar refractivity (Wildman–Crippen MR) is 91.1 cm³/mol. The molecule has 26 heavy (non-hydrogen) atoms. The van der Waals surface area contributed by atoms with Gasteiger partial charge in [-0.25, -0.2) is 0 Å². The number of fused-ring (bicyclic) bond motifs is 2. The van der Waals surface area contributed by atoms with E-state index in [1.807, 2.05) is 0 Å². The SMILES string of the molecule is O=C1c2ccccc2C(=O)c2oc(/C(O)=C/COCC(CO)CO)cc21. The maximum absolute atomic E-state index is 12.5. The van der Waals surface area contributed by atoms with Gasteiger partial charge >= 0.3 is 0 Å². The first-order chi connectivity index (χ1) is 12.6. The highest BCUT2D eigenvalue weighted by Crippen LogP contribution is 2.31. The van der Waals surface area contributed by atoms with Crippen molar-refractivity contribution in [2.45, 2.75) is 0 Å². The first-order valence-electron chi connectivity index (χ1n) is 8.08. The zero-order chi connectivity index (χ0) is 18.7. The number of aliphatic hydroxyl groups excluding tert-OH is 3. The molecule has 0 fully saturated rings. The van der Waals surface area contributed by atoms with Crippen molar-refractivity contribution in [2.24, 2.45) is 5.92 Å². The third kappa shape index (κ3) is 3.32. The lowest BCUT2D eigenvalue weighted by Gasteiger charge is -2.11. The van der Waals surface area contributed by atoms with E-state index in [1.165, 1.54) is 12.1 Å². The Kier molecular flexibility index (Phi) is 5.32. The molecular weight excluding hydrogens is 340 g/mol. The molecule has 0 radical (unpaired) electrons. The molecule has 0 amide bonds. The van der Waals surface area contributed by atoms with Crippen LogP contribution in [0.1, 0.15) is 37.8 Å². The number of hydrogen-bond donors (Lipinski definition) is 3. The van der Waals surface area contributed by atoms with Crippen molar-refractivity contribution in [3.63, 3.8) is 0 Å². The average Bonchev–Trinajstić information content (AvgIpc) is 3.12. The Balaban J connectivity index is 1.76. The van der Waals surface area contributed by atoms with Crippen LogP contribution in [0.2, 0.25) is 0 Å². The number of hydrogen-bond acceptors (Lipinski definition) is 7. The number of carbonyl (C=O) groups excluding carboxylic acids is 2. The normalized spacial score (nSPS) is 13.9. The van der Waals surface area contributed by atoms with Gasteiger partial charge in [-0.3, -0.25) is 9.59 Å². The van der Waals surface area contributed by atoms with Crippen LogP contribution in [0.5, 0.6) is 0 Å². The summed E-state index contributed by atoms with van der Waals surface area (Å²) in [6, 6.07) is 7.81.